The van der Waals surface area contributed by atoms with Crippen LogP contribution in [0.25, 0.3) is 0 Å². The molecule has 4 N–H and O–H groups in total. The van der Waals surface area contributed by atoms with E-state index in [1.165, 1.54) is 135 Å². The van der Waals surface area contributed by atoms with Crippen LogP contribution in [0, 0.1) is 0 Å². The molecule has 1 amide bonds. The van der Waals surface area contributed by atoms with Gasteiger partial charge in [-0.05, 0) is 12.8 Å². The highest BCUT2D eigenvalue weighted by molar-refractivity contribution is 7.47. The van der Waals surface area contributed by atoms with Crippen LogP contribution in [0.3, 0.4) is 0 Å². The minimum atomic E-state index is -4.74. The van der Waals surface area contributed by atoms with Crippen LogP contribution in [-0.4, -0.2) is 64.9 Å². The van der Waals surface area contributed by atoms with E-state index in [0.717, 1.165) is 38.5 Å². The Kier molecular flexibility index (Phi) is 36.3. The van der Waals surface area contributed by atoms with Crippen molar-refractivity contribution in [3.05, 3.63) is 0 Å². The molecule has 3 atom stereocenters. The van der Waals surface area contributed by atoms with Crippen LogP contribution in [-0.2, 0) is 32.7 Å². The molecule has 0 aliphatic rings. The predicted molar refractivity (Wildman–Crippen MR) is 213 cm³/mol. The first-order valence-electron chi connectivity index (χ1n) is 21.6. The normalized spacial score (nSPS) is 13.7. The Bertz CT molecular complexity index is 921. The van der Waals surface area contributed by atoms with Gasteiger partial charge in [-0.3, -0.25) is 18.6 Å². The lowest BCUT2D eigenvalue weighted by molar-refractivity contribution is -0.147. The monoisotopic (exact) mass is 778 g/mol. The molecule has 0 radical (unpaired) electrons. The van der Waals surface area contributed by atoms with Crippen molar-refractivity contribution < 1.29 is 47.8 Å². The van der Waals surface area contributed by atoms with E-state index in [9.17, 15) is 34.1 Å². The summed E-state index contributed by atoms with van der Waals surface area (Å²) in [5.74, 6) is -2.35. The second-order valence-electron chi connectivity index (χ2n) is 14.9. The van der Waals surface area contributed by atoms with Gasteiger partial charge in [-0.15, -0.1) is 0 Å². The maximum atomic E-state index is 12.3. The molecule has 0 fully saturated rings. The number of carbonyl (C=O) groups excluding carboxylic acids is 2. The maximum Gasteiger partial charge on any atom is 0.472 e. The molecule has 0 aliphatic carbocycles. The average Bonchev–Trinajstić information content (AvgIpc) is 3.13. The number of phosphoric acid groups is 1. The number of nitrogens with one attached hydrogen (secondary N) is 1. The number of rotatable bonds is 41. The van der Waals surface area contributed by atoms with Crippen molar-refractivity contribution in [1.82, 2.24) is 5.32 Å². The summed E-state index contributed by atoms with van der Waals surface area (Å²) in [5, 5.41) is 21.8. The lowest BCUT2D eigenvalue weighted by Gasteiger charge is -2.18. The summed E-state index contributed by atoms with van der Waals surface area (Å²) in [5.41, 5.74) is 0. The number of carboxylic acid groups (broad SMARTS) is 1. The average molecular weight is 778 g/mol. The lowest BCUT2D eigenvalue weighted by atomic mass is 10.0. The van der Waals surface area contributed by atoms with E-state index in [-0.39, 0.29) is 12.8 Å². The topological polar surface area (TPSA) is 169 Å². The molecule has 0 saturated heterocycles. The number of aliphatic carboxylic acids is 1. The Morgan fingerprint density at radius 2 is 0.868 bits per heavy atom. The molecule has 0 aromatic rings. The highest BCUT2D eigenvalue weighted by Gasteiger charge is 2.28. The number of hydrogen-bond donors (Lipinski definition) is 4. The zero-order valence-corrected chi connectivity index (χ0v) is 34.7. The maximum absolute atomic E-state index is 12.3. The first-order valence-corrected chi connectivity index (χ1v) is 23.1. The fraction of sp³-hybridized carbons (Fsp3) is 0.927. The number of phosphoric ester groups is 1. The third kappa shape index (κ3) is 37.2. The second kappa shape index (κ2) is 37.4. The van der Waals surface area contributed by atoms with Gasteiger partial charge >= 0.3 is 19.8 Å². The lowest BCUT2D eigenvalue weighted by Crippen LogP contribution is -2.43. The molecule has 12 heteroatoms. The van der Waals surface area contributed by atoms with Crippen LogP contribution >= 0.6 is 7.82 Å². The molecule has 0 aromatic heterocycles. The molecular weight excluding hydrogens is 697 g/mol. The number of aliphatic hydroxyl groups is 1. The minimum Gasteiger partial charge on any atom is -0.480 e. The van der Waals surface area contributed by atoms with Gasteiger partial charge in [0.05, 0.1) is 13.2 Å². The molecular formula is C41H80NO10P. The van der Waals surface area contributed by atoms with Gasteiger partial charge in [0, 0.05) is 12.8 Å². The third-order valence-electron chi connectivity index (χ3n) is 9.65. The van der Waals surface area contributed by atoms with E-state index >= 15 is 0 Å². The Hall–Kier alpha value is -1.52. The van der Waals surface area contributed by atoms with Crippen molar-refractivity contribution >= 4 is 25.7 Å². The number of hydrogen-bond acceptors (Lipinski definition) is 8. The van der Waals surface area contributed by atoms with E-state index in [1.807, 2.05) is 0 Å². The van der Waals surface area contributed by atoms with Crippen LogP contribution < -0.4 is 5.32 Å². The summed E-state index contributed by atoms with van der Waals surface area (Å²) in [6, 6.07) is -1.54. The van der Waals surface area contributed by atoms with E-state index < -0.39 is 57.6 Å². The smallest absolute Gasteiger partial charge is 0.472 e. The molecule has 0 rings (SSSR count). The molecule has 0 aliphatic heterocycles. The molecule has 11 nitrogen and oxygen atoms in total. The number of unbranched alkanes of at least 4 members (excludes halogenated alkanes) is 27. The summed E-state index contributed by atoms with van der Waals surface area (Å²) < 4.78 is 26.8. The SMILES string of the molecule is CCCCCCCCCCCCCCCCCC(=O)OCC(O)COP(=O)(O)OCC(NC(=O)CCCCCCCCCCCCCCCC)C(=O)O. The van der Waals surface area contributed by atoms with E-state index in [0.29, 0.717) is 12.8 Å². The summed E-state index contributed by atoms with van der Waals surface area (Å²) in [6.45, 7) is 2.61. The highest BCUT2D eigenvalue weighted by Crippen LogP contribution is 2.43. The van der Waals surface area contributed by atoms with Gasteiger partial charge in [-0.25, -0.2) is 9.36 Å². The number of ether oxygens (including phenoxy) is 1. The van der Waals surface area contributed by atoms with Crippen molar-refractivity contribution in [1.29, 1.82) is 0 Å². The summed E-state index contributed by atoms with van der Waals surface area (Å²) in [7, 11) is -4.74. The summed E-state index contributed by atoms with van der Waals surface area (Å²) >= 11 is 0. The van der Waals surface area contributed by atoms with Crippen LogP contribution in [0.15, 0.2) is 0 Å². The number of aliphatic hydroxyl groups excluding tert-OH is 1. The quantitative estimate of drug-likeness (QED) is 0.0266. The molecule has 0 aromatic carbocycles. The molecule has 0 spiro atoms. The van der Waals surface area contributed by atoms with Crippen LogP contribution in [0.4, 0.5) is 0 Å². The molecule has 314 valence electrons. The van der Waals surface area contributed by atoms with Gasteiger partial charge in [0.15, 0.2) is 6.04 Å². The fourth-order valence-electron chi connectivity index (χ4n) is 6.26. The standard InChI is InChI=1S/C41H80NO10P/c1-3-5-7-9-11-13-15-17-19-21-23-25-27-29-31-33-40(45)50-34-37(43)35-51-53(48,49)52-36-38(41(46)47)42-39(44)32-30-28-26-24-22-20-18-16-14-12-10-8-6-4-2/h37-38,43H,3-36H2,1-2H3,(H,42,44)(H,46,47)(H,48,49). The third-order valence-corrected chi connectivity index (χ3v) is 10.6. The van der Waals surface area contributed by atoms with Crippen molar-refractivity contribution in [2.45, 2.75) is 225 Å². The number of amides is 1. The number of carbonyl (C=O) groups is 3. The van der Waals surface area contributed by atoms with Gasteiger partial charge in [0.25, 0.3) is 0 Å². The van der Waals surface area contributed by atoms with Crippen molar-refractivity contribution in [2.75, 3.05) is 19.8 Å². The van der Waals surface area contributed by atoms with E-state index in [4.69, 9.17) is 13.8 Å². The van der Waals surface area contributed by atoms with Crippen LogP contribution in [0.1, 0.15) is 213 Å². The van der Waals surface area contributed by atoms with E-state index in [2.05, 4.69) is 19.2 Å². The van der Waals surface area contributed by atoms with Crippen molar-refractivity contribution in [3.8, 4) is 0 Å². The molecule has 0 saturated carbocycles. The van der Waals surface area contributed by atoms with Crippen LogP contribution in [0.2, 0.25) is 0 Å². The zero-order valence-electron chi connectivity index (χ0n) is 33.8. The Labute approximate surface area is 323 Å². The second-order valence-corrected chi connectivity index (χ2v) is 16.4. The number of esters is 1. The van der Waals surface area contributed by atoms with Crippen molar-refractivity contribution in [3.63, 3.8) is 0 Å². The van der Waals surface area contributed by atoms with Gasteiger partial charge in [0.1, 0.15) is 12.7 Å². The number of carboxylic acids is 1. The summed E-state index contributed by atoms with van der Waals surface area (Å²) in [6.07, 6.45) is 34.1. The first-order chi connectivity index (χ1) is 25.6. The highest BCUT2D eigenvalue weighted by atomic mass is 31.2. The summed E-state index contributed by atoms with van der Waals surface area (Å²) in [4.78, 5) is 45.8. The van der Waals surface area contributed by atoms with Gasteiger partial charge < -0.3 is 25.2 Å². The zero-order chi connectivity index (χ0) is 39.3. The Morgan fingerprint density at radius 3 is 1.25 bits per heavy atom. The van der Waals surface area contributed by atoms with Gasteiger partial charge in [-0.1, -0.05) is 187 Å². The first kappa shape index (κ1) is 51.5. The van der Waals surface area contributed by atoms with Gasteiger partial charge in [0.2, 0.25) is 5.91 Å². The molecule has 0 heterocycles. The molecule has 3 unspecified atom stereocenters. The van der Waals surface area contributed by atoms with Crippen molar-refractivity contribution in [2.24, 2.45) is 0 Å². The Morgan fingerprint density at radius 1 is 0.528 bits per heavy atom. The van der Waals surface area contributed by atoms with Gasteiger partial charge in [-0.2, -0.15) is 0 Å². The molecule has 0 bridgehead atoms. The molecule has 53 heavy (non-hydrogen) atoms. The predicted octanol–water partition coefficient (Wildman–Crippen LogP) is 10.7. The largest absolute Gasteiger partial charge is 0.480 e. The minimum absolute atomic E-state index is 0.152. The van der Waals surface area contributed by atoms with E-state index in [1.54, 1.807) is 0 Å². The fourth-order valence-corrected chi connectivity index (χ4v) is 7.03. The van der Waals surface area contributed by atoms with Crippen LogP contribution in [0.5, 0.6) is 0 Å². The Balaban J connectivity index is 3.88.